The first-order valence-electron chi connectivity index (χ1n) is 7.96. The average molecular weight is 289 g/mol. The second kappa shape index (κ2) is 6.94. The normalized spacial score (nSPS) is 16.5. The highest BCUT2D eigenvalue weighted by molar-refractivity contribution is 5.97. The van der Waals surface area contributed by atoms with E-state index in [1.165, 1.54) is 0 Å². The van der Waals surface area contributed by atoms with Gasteiger partial charge in [0.1, 0.15) is 0 Å². The van der Waals surface area contributed by atoms with Crippen LogP contribution in [0.5, 0.6) is 0 Å². The Morgan fingerprint density at radius 2 is 1.90 bits per heavy atom. The molecule has 116 valence electrons. The van der Waals surface area contributed by atoms with Gasteiger partial charge in [-0.3, -0.25) is 4.79 Å². The molecule has 0 saturated carbocycles. The van der Waals surface area contributed by atoms with Crippen molar-refractivity contribution in [2.75, 3.05) is 31.9 Å². The lowest BCUT2D eigenvalue weighted by molar-refractivity contribution is 0.0631. The van der Waals surface area contributed by atoms with E-state index in [-0.39, 0.29) is 5.91 Å². The predicted molar refractivity (Wildman–Crippen MR) is 87.4 cm³/mol. The van der Waals surface area contributed by atoms with Crippen molar-refractivity contribution >= 4 is 11.6 Å². The molecule has 4 heteroatoms. The molecule has 0 unspecified atom stereocenters. The van der Waals surface area contributed by atoms with Gasteiger partial charge in [-0.05, 0) is 50.6 Å². The van der Waals surface area contributed by atoms with Gasteiger partial charge in [-0.2, -0.15) is 0 Å². The number of piperidine rings is 1. The van der Waals surface area contributed by atoms with Gasteiger partial charge >= 0.3 is 0 Å². The van der Waals surface area contributed by atoms with Crippen molar-refractivity contribution in [2.24, 2.45) is 0 Å². The fourth-order valence-electron chi connectivity index (χ4n) is 3.23. The summed E-state index contributed by atoms with van der Waals surface area (Å²) in [6, 6.07) is 6.20. The molecule has 0 atom stereocenters. The number of anilines is 1. The highest BCUT2D eigenvalue weighted by Gasteiger charge is 2.26. The zero-order valence-electron chi connectivity index (χ0n) is 13.4. The fourth-order valence-corrected chi connectivity index (χ4v) is 3.23. The molecule has 1 saturated heterocycles. The Kier molecular flexibility index (Phi) is 5.23. The third-order valence-electron chi connectivity index (χ3n) is 4.69. The minimum atomic E-state index is 0.123. The van der Waals surface area contributed by atoms with Crippen LogP contribution in [0.3, 0.4) is 0 Å². The second-order valence-corrected chi connectivity index (χ2v) is 5.76. The Morgan fingerprint density at radius 3 is 2.48 bits per heavy atom. The van der Waals surface area contributed by atoms with Crippen LogP contribution in [0.4, 0.5) is 5.69 Å². The number of hydrogen-bond acceptors (Lipinski definition) is 3. The number of hydrogen-bond donors (Lipinski definition) is 1. The van der Waals surface area contributed by atoms with E-state index in [1.54, 1.807) is 0 Å². The van der Waals surface area contributed by atoms with E-state index in [9.17, 15) is 4.79 Å². The molecule has 0 aromatic heterocycles. The summed E-state index contributed by atoms with van der Waals surface area (Å²) >= 11 is 0. The minimum absolute atomic E-state index is 0.123. The fraction of sp³-hybridized carbons (Fsp3) is 0.588. The van der Waals surface area contributed by atoms with Crippen molar-refractivity contribution in [3.63, 3.8) is 0 Å². The quantitative estimate of drug-likeness (QED) is 0.867. The second-order valence-electron chi connectivity index (χ2n) is 5.76. The van der Waals surface area contributed by atoms with Gasteiger partial charge in [0, 0.05) is 30.4 Å². The number of benzene rings is 1. The summed E-state index contributed by atoms with van der Waals surface area (Å²) in [5, 5.41) is 0. The number of rotatable bonds is 4. The van der Waals surface area contributed by atoms with Crippen molar-refractivity contribution in [2.45, 2.75) is 39.7 Å². The van der Waals surface area contributed by atoms with Crippen LogP contribution in [0.1, 0.15) is 42.6 Å². The van der Waals surface area contributed by atoms with Gasteiger partial charge in [-0.1, -0.05) is 19.9 Å². The minimum Gasteiger partial charge on any atom is -0.398 e. The summed E-state index contributed by atoms with van der Waals surface area (Å²) in [4.78, 5) is 17.1. The Balaban J connectivity index is 2.02. The summed E-state index contributed by atoms with van der Waals surface area (Å²) < 4.78 is 0. The van der Waals surface area contributed by atoms with Gasteiger partial charge in [0.15, 0.2) is 0 Å². The molecule has 1 amide bonds. The van der Waals surface area contributed by atoms with Gasteiger partial charge in [0.2, 0.25) is 0 Å². The van der Waals surface area contributed by atoms with E-state index in [4.69, 9.17) is 5.73 Å². The van der Waals surface area contributed by atoms with Gasteiger partial charge in [0.05, 0.1) is 0 Å². The summed E-state index contributed by atoms with van der Waals surface area (Å²) in [6.07, 6.45) is 2.13. The summed E-state index contributed by atoms with van der Waals surface area (Å²) in [5.74, 6) is 0.123. The zero-order chi connectivity index (χ0) is 15.4. The molecule has 0 spiro atoms. The molecule has 1 aromatic carbocycles. The Morgan fingerprint density at radius 1 is 1.29 bits per heavy atom. The summed E-state index contributed by atoms with van der Waals surface area (Å²) in [5.41, 5.74) is 8.24. The predicted octanol–water partition coefficient (Wildman–Crippen LogP) is 2.52. The molecule has 0 bridgehead atoms. The monoisotopic (exact) mass is 289 g/mol. The highest BCUT2D eigenvalue weighted by Crippen LogP contribution is 2.21. The maximum absolute atomic E-state index is 12.6. The molecule has 4 nitrogen and oxygen atoms in total. The van der Waals surface area contributed by atoms with Gasteiger partial charge in [0.25, 0.3) is 5.91 Å². The number of carbonyl (C=O) groups excluding carboxylic acids is 1. The van der Waals surface area contributed by atoms with Crippen LogP contribution in [0.25, 0.3) is 0 Å². The molecule has 1 aliphatic rings. The van der Waals surface area contributed by atoms with E-state index in [1.807, 2.05) is 30.0 Å². The van der Waals surface area contributed by atoms with Crippen molar-refractivity contribution in [1.82, 2.24) is 9.80 Å². The molecule has 1 aliphatic heterocycles. The van der Waals surface area contributed by atoms with E-state index in [0.29, 0.717) is 11.7 Å². The smallest absolute Gasteiger partial charge is 0.254 e. The maximum atomic E-state index is 12.6. The number of nitrogens with two attached hydrogens (primary N) is 1. The lowest BCUT2D eigenvalue weighted by Crippen LogP contribution is -2.46. The first kappa shape index (κ1) is 15.8. The molecule has 1 heterocycles. The van der Waals surface area contributed by atoms with Crippen LogP contribution >= 0.6 is 0 Å². The van der Waals surface area contributed by atoms with E-state index in [2.05, 4.69) is 18.7 Å². The van der Waals surface area contributed by atoms with Crippen LogP contribution in [0, 0.1) is 6.92 Å². The lowest BCUT2D eigenvalue weighted by atomic mass is 10.0. The summed E-state index contributed by atoms with van der Waals surface area (Å²) in [6.45, 7) is 10.2. The van der Waals surface area contributed by atoms with E-state index < -0.39 is 0 Å². The number of nitrogens with zero attached hydrogens (tertiary/aromatic N) is 2. The van der Waals surface area contributed by atoms with E-state index in [0.717, 1.165) is 50.1 Å². The Labute approximate surface area is 127 Å². The van der Waals surface area contributed by atoms with Crippen LogP contribution in [0.2, 0.25) is 0 Å². The van der Waals surface area contributed by atoms with Crippen molar-refractivity contribution < 1.29 is 4.79 Å². The third kappa shape index (κ3) is 3.38. The molecule has 1 aromatic rings. The topological polar surface area (TPSA) is 49.6 Å². The molecule has 2 rings (SSSR count). The number of carbonyl (C=O) groups is 1. The zero-order valence-corrected chi connectivity index (χ0v) is 13.4. The number of nitrogen functional groups attached to an aromatic ring is 1. The van der Waals surface area contributed by atoms with Crippen molar-refractivity contribution in [1.29, 1.82) is 0 Å². The van der Waals surface area contributed by atoms with Gasteiger partial charge in [-0.25, -0.2) is 0 Å². The molecular weight excluding hydrogens is 262 g/mol. The average Bonchev–Trinajstić information content (AvgIpc) is 2.51. The number of amides is 1. The molecule has 0 radical (unpaired) electrons. The SMILES string of the molecule is CCN(CC)C1CCN(C(=O)c2cccc(N)c2C)CC1. The first-order chi connectivity index (χ1) is 10.1. The number of likely N-dealkylation sites (tertiary alicyclic amines) is 1. The first-order valence-corrected chi connectivity index (χ1v) is 7.96. The van der Waals surface area contributed by atoms with Crippen LogP contribution in [-0.2, 0) is 0 Å². The molecule has 1 fully saturated rings. The van der Waals surface area contributed by atoms with Crippen molar-refractivity contribution in [3.05, 3.63) is 29.3 Å². The molecular formula is C17H27N3O. The maximum Gasteiger partial charge on any atom is 0.254 e. The van der Waals surface area contributed by atoms with Gasteiger partial charge in [-0.15, -0.1) is 0 Å². The highest BCUT2D eigenvalue weighted by atomic mass is 16.2. The van der Waals surface area contributed by atoms with E-state index >= 15 is 0 Å². The van der Waals surface area contributed by atoms with Crippen LogP contribution < -0.4 is 5.73 Å². The largest absolute Gasteiger partial charge is 0.398 e. The third-order valence-corrected chi connectivity index (χ3v) is 4.69. The van der Waals surface area contributed by atoms with Gasteiger partial charge < -0.3 is 15.5 Å². The van der Waals surface area contributed by atoms with Crippen LogP contribution in [-0.4, -0.2) is 47.9 Å². The molecule has 21 heavy (non-hydrogen) atoms. The van der Waals surface area contributed by atoms with Crippen molar-refractivity contribution in [3.8, 4) is 0 Å². The Hall–Kier alpha value is -1.55. The Bertz CT molecular complexity index is 489. The standard InChI is InChI=1S/C17H27N3O/c1-4-19(5-2)14-9-11-20(12-10-14)17(21)15-7-6-8-16(18)13(15)3/h6-8,14H,4-5,9-12,18H2,1-3H3. The van der Waals surface area contributed by atoms with Crippen LogP contribution in [0.15, 0.2) is 18.2 Å². The molecule has 2 N–H and O–H groups in total. The summed E-state index contributed by atoms with van der Waals surface area (Å²) in [7, 11) is 0. The lowest BCUT2D eigenvalue weighted by Gasteiger charge is -2.37. The molecule has 0 aliphatic carbocycles.